The quantitative estimate of drug-likeness (QED) is 0.689. The minimum atomic E-state index is -3.68. The second kappa shape index (κ2) is 9.38. The van der Waals surface area contributed by atoms with Gasteiger partial charge in [0.25, 0.3) is 0 Å². The third kappa shape index (κ3) is 5.24. The summed E-state index contributed by atoms with van der Waals surface area (Å²) in [7, 11) is -0.581. The largest absolute Gasteiger partial charge is 0.493 e. The molecule has 1 amide bonds. The Morgan fingerprint density at radius 2 is 1.60 bits per heavy atom. The van der Waals surface area contributed by atoms with Crippen LogP contribution in [0.1, 0.15) is 36.6 Å². The highest BCUT2D eigenvalue weighted by Gasteiger charge is 2.30. The number of hydrogen-bond donors (Lipinski definition) is 1. The number of nitrogens with zero attached hydrogens (tertiary/aromatic N) is 1. The third-order valence-electron chi connectivity index (χ3n) is 5.10. The molecule has 0 fully saturated rings. The molecular weight excluding hydrogens is 404 g/mol. The molecule has 0 aromatic heterocycles. The molecule has 1 N–H and O–H groups in total. The molecule has 8 heteroatoms. The van der Waals surface area contributed by atoms with Gasteiger partial charge in [-0.2, -0.15) is 0 Å². The van der Waals surface area contributed by atoms with Gasteiger partial charge in [0.05, 0.1) is 32.2 Å². The van der Waals surface area contributed by atoms with Crippen LogP contribution in [0.25, 0.3) is 0 Å². The van der Waals surface area contributed by atoms with Crippen LogP contribution in [0.3, 0.4) is 0 Å². The van der Waals surface area contributed by atoms with E-state index in [2.05, 4.69) is 5.32 Å². The number of benzene rings is 2. The highest BCUT2D eigenvalue weighted by molar-refractivity contribution is 7.92. The van der Waals surface area contributed by atoms with Crippen molar-refractivity contribution >= 4 is 21.6 Å². The fraction of sp³-hybridized carbons (Fsp3) is 0.409. The van der Waals surface area contributed by atoms with E-state index in [4.69, 9.17) is 9.47 Å². The minimum absolute atomic E-state index is 0.360. The molecule has 0 heterocycles. The third-order valence-corrected chi connectivity index (χ3v) is 6.34. The zero-order valence-corrected chi connectivity index (χ0v) is 19.3. The maximum atomic E-state index is 12.9. The second-order valence-electron chi connectivity index (χ2n) is 7.35. The number of sulfonamides is 1. The molecule has 7 nitrogen and oxygen atoms in total. The number of hydrogen-bond acceptors (Lipinski definition) is 5. The number of rotatable bonds is 8. The van der Waals surface area contributed by atoms with Gasteiger partial charge in [-0.15, -0.1) is 0 Å². The van der Waals surface area contributed by atoms with E-state index in [1.54, 1.807) is 45.4 Å². The Morgan fingerprint density at radius 1 is 0.967 bits per heavy atom. The van der Waals surface area contributed by atoms with E-state index >= 15 is 0 Å². The van der Waals surface area contributed by atoms with E-state index in [0.717, 1.165) is 27.3 Å². The maximum absolute atomic E-state index is 12.9. The van der Waals surface area contributed by atoms with Crippen LogP contribution in [0.5, 0.6) is 11.5 Å². The maximum Gasteiger partial charge on any atom is 0.244 e. The standard InChI is InChI=1S/C22H30N2O5S/c1-14-8-10-19(12-15(14)2)24(30(7,26)27)17(4)22(25)23-16(3)18-9-11-20(28-5)21(13-18)29-6/h8-13,16-17H,1-7H3,(H,23,25)/t16-,17-/m0/s1. The van der Waals surface area contributed by atoms with Crippen LogP contribution < -0.4 is 19.1 Å². The summed E-state index contributed by atoms with van der Waals surface area (Å²) in [5.41, 5.74) is 3.27. The topological polar surface area (TPSA) is 84.9 Å². The minimum Gasteiger partial charge on any atom is -0.493 e. The van der Waals surface area contributed by atoms with Crippen molar-refractivity contribution in [2.24, 2.45) is 0 Å². The van der Waals surface area contributed by atoms with Crippen molar-refractivity contribution in [3.8, 4) is 11.5 Å². The lowest BCUT2D eigenvalue weighted by Crippen LogP contribution is -2.48. The van der Waals surface area contributed by atoms with E-state index in [1.165, 1.54) is 0 Å². The van der Waals surface area contributed by atoms with Gasteiger partial charge in [0.2, 0.25) is 15.9 Å². The number of aryl methyl sites for hydroxylation is 2. The van der Waals surface area contributed by atoms with Crippen molar-refractivity contribution in [2.75, 3.05) is 24.8 Å². The Kier molecular flexibility index (Phi) is 7.36. The summed E-state index contributed by atoms with van der Waals surface area (Å²) in [5.74, 6) is 0.740. The average Bonchev–Trinajstić information content (AvgIpc) is 2.68. The first-order chi connectivity index (χ1) is 14.0. The predicted molar refractivity (Wildman–Crippen MR) is 119 cm³/mol. The fourth-order valence-corrected chi connectivity index (χ4v) is 4.38. The first-order valence-electron chi connectivity index (χ1n) is 9.58. The summed E-state index contributed by atoms with van der Waals surface area (Å²) >= 11 is 0. The highest BCUT2D eigenvalue weighted by Crippen LogP contribution is 2.30. The molecular formula is C22H30N2O5S. The lowest BCUT2D eigenvalue weighted by molar-refractivity contribution is -0.122. The molecule has 0 saturated carbocycles. The molecule has 0 saturated heterocycles. The number of amides is 1. The van der Waals surface area contributed by atoms with Gasteiger partial charge in [-0.05, 0) is 68.7 Å². The number of carbonyl (C=O) groups excluding carboxylic acids is 1. The van der Waals surface area contributed by atoms with Gasteiger partial charge in [-0.1, -0.05) is 12.1 Å². The van der Waals surface area contributed by atoms with Crippen LogP contribution in [0.2, 0.25) is 0 Å². The van der Waals surface area contributed by atoms with E-state index in [9.17, 15) is 13.2 Å². The Labute approximate surface area is 179 Å². The molecule has 2 atom stereocenters. The SMILES string of the molecule is COc1ccc([C@H](C)NC(=O)[C@H](C)N(c2ccc(C)c(C)c2)S(C)(=O)=O)cc1OC. The van der Waals surface area contributed by atoms with Gasteiger partial charge in [0.1, 0.15) is 6.04 Å². The van der Waals surface area contributed by atoms with Crippen LogP contribution in [0, 0.1) is 13.8 Å². The molecule has 0 aliphatic rings. The number of methoxy groups -OCH3 is 2. The highest BCUT2D eigenvalue weighted by atomic mass is 32.2. The Balaban J connectivity index is 2.28. The average molecular weight is 435 g/mol. The Bertz CT molecular complexity index is 1020. The molecule has 2 aromatic rings. The zero-order valence-electron chi connectivity index (χ0n) is 18.5. The number of anilines is 1. The molecule has 164 valence electrons. The van der Waals surface area contributed by atoms with Gasteiger partial charge in [-0.25, -0.2) is 8.42 Å². The lowest BCUT2D eigenvalue weighted by Gasteiger charge is -2.29. The van der Waals surface area contributed by atoms with E-state index in [-0.39, 0.29) is 6.04 Å². The van der Waals surface area contributed by atoms with Crippen LogP contribution >= 0.6 is 0 Å². The van der Waals surface area contributed by atoms with Gasteiger partial charge in [0.15, 0.2) is 11.5 Å². The van der Waals surface area contributed by atoms with Crippen molar-refractivity contribution in [3.05, 3.63) is 53.1 Å². The predicted octanol–water partition coefficient (Wildman–Crippen LogP) is 3.35. The van der Waals surface area contributed by atoms with Crippen LogP contribution in [-0.4, -0.2) is 40.8 Å². The van der Waals surface area contributed by atoms with Gasteiger partial charge >= 0.3 is 0 Å². The number of ether oxygens (including phenoxy) is 2. The van der Waals surface area contributed by atoms with Crippen LogP contribution in [-0.2, 0) is 14.8 Å². The zero-order chi connectivity index (χ0) is 22.6. The first kappa shape index (κ1) is 23.5. The first-order valence-corrected chi connectivity index (χ1v) is 11.4. The molecule has 0 unspecified atom stereocenters. The van der Waals surface area contributed by atoms with E-state index in [0.29, 0.717) is 17.2 Å². The van der Waals surface area contributed by atoms with Gasteiger partial charge < -0.3 is 14.8 Å². The fourth-order valence-electron chi connectivity index (χ4n) is 3.21. The monoisotopic (exact) mass is 434 g/mol. The lowest BCUT2D eigenvalue weighted by atomic mass is 10.1. The number of carbonyl (C=O) groups is 1. The molecule has 2 aromatic carbocycles. The molecule has 0 spiro atoms. The molecule has 2 rings (SSSR count). The number of nitrogens with one attached hydrogen (secondary N) is 1. The summed E-state index contributed by atoms with van der Waals surface area (Å²) in [4.78, 5) is 12.9. The molecule has 0 aliphatic heterocycles. The molecule has 0 aliphatic carbocycles. The molecule has 0 bridgehead atoms. The second-order valence-corrected chi connectivity index (χ2v) is 9.21. The van der Waals surface area contributed by atoms with Crippen LogP contribution in [0.15, 0.2) is 36.4 Å². The van der Waals surface area contributed by atoms with Gasteiger partial charge in [-0.3, -0.25) is 9.10 Å². The summed E-state index contributed by atoms with van der Waals surface area (Å²) < 4.78 is 36.7. The van der Waals surface area contributed by atoms with Gasteiger partial charge in [0, 0.05) is 0 Å². The summed E-state index contributed by atoms with van der Waals surface area (Å²) in [6.45, 7) is 7.26. The summed E-state index contributed by atoms with van der Waals surface area (Å²) in [6, 6.07) is 9.42. The van der Waals surface area contributed by atoms with Crippen LogP contribution in [0.4, 0.5) is 5.69 Å². The van der Waals surface area contributed by atoms with Crippen molar-refractivity contribution < 1.29 is 22.7 Å². The molecule has 0 radical (unpaired) electrons. The Hall–Kier alpha value is -2.74. The summed E-state index contributed by atoms with van der Waals surface area (Å²) in [6.07, 6.45) is 1.10. The smallest absolute Gasteiger partial charge is 0.244 e. The van der Waals surface area contributed by atoms with E-state index < -0.39 is 22.0 Å². The van der Waals surface area contributed by atoms with E-state index in [1.807, 2.05) is 32.9 Å². The normalized spacial score (nSPS) is 13.3. The van der Waals surface area contributed by atoms with Crippen molar-refractivity contribution in [3.63, 3.8) is 0 Å². The van der Waals surface area contributed by atoms with Crippen molar-refractivity contribution in [2.45, 2.75) is 39.8 Å². The van der Waals surface area contributed by atoms with Crippen molar-refractivity contribution in [1.29, 1.82) is 0 Å². The van der Waals surface area contributed by atoms with Crippen molar-refractivity contribution in [1.82, 2.24) is 5.32 Å². The molecule has 30 heavy (non-hydrogen) atoms. The Morgan fingerprint density at radius 3 is 2.13 bits per heavy atom. The summed E-state index contributed by atoms with van der Waals surface area (Å²) in [5, 5.41) is 2.89.